The van der Waals surface area contributed by atoms with Crippen molar-refractivity contribution >= 4 is 41.8 Å². The molecule has 0 aromatic heterocycles. The summed E-state index contributed by atoms with van der Waals surface area (Å²) >= 11 is 0. The first kappa shape index (κ1) is 50.7. The number of ketones is 1. The third-order valence-electron chi connectivity index (χ3n) is 14.3. The predicted octanol–water partition coefficient (Wildman–Crippen LogP) is 5.91. The van der Waals surface area contributed by atoms with E-state index in [-0.39, 0.29) is 35.3 Å². The minimum atomic E-state index is -2.43. The van der Waals surface area contributed by atoms with Crippen molar-refractivity contribution in [1.29, 1.82) is 0 Å². The molecule has 3 aliphatic carbocycles. The Kier molecular flexibility index (Phi) is 13.9. The number of carbonyl (C=O) groups is 6. The fraction of sp³-hybridized carbons (Fsp3) is 0.472. The first-order valence-electron chi connectivity index (χ1n) is 23.0. The van der Waals surface area contributed by atoms with Gasteiger partial charge in [-0.3, -0.25) is 14.4 Å². The maximum absolute atomic E-state index is 15.2. The van der Waals surface area contributed by atoms with Crippen molar-refractivity contribution in [2.75, 3.05) is 6.61 Å². The third-order valence-corrected chi connectivity index (χ3v) is 14.3. The summed E-state index contributed by atoms with van der Waals surface area (Å²) in [4.78, 5) is 85.3. The molecule has 1 amide bonds. The summed E-state index contributed by atoms with van der Waals surface area (Å²) in [5.41, 5.74) is -7.69. The molecular weight excluding hydrogens is 891 g/mol. The monoisotopic (exact) mass is 951 g/mol. The van der Waals surface area contributed by atoms with E-state index in [0.717, 1.165) is 12.5 Å². The van der Waals surface area contributed by atoms with Crippen molar-refractivity contribution in [3.05, 3.63) is 124 Å². The van der Waals surface area contributed by atoms with E-state index in [0.29, 0.717) is 5.56 Å². The number of nitrogens with one attached hydrogen (secondary N) is 1. The van der Waals surface area contributed by atoms with E-state index in [2.05, 4.69) is 5.32 Å². The quantitative estimate of drug-likeness (QED) is 0.0758. The average molecular weight is 952 g/mol. The molecule has 3 aromatic rings. The van der Waals surface area contributed by atoms with Gasteiger partial charge in [0.2, 0.25) is 12.0 Å². The van der Waals surface area contributed by atoms with E-state index in [1.54, 1.807) is 120 Å². The van der Waals surface area contributed by atoms with Crippen molar-refractivity contribution in [2.45, 2.75) is 135 Å². The van der Waals surface area contributed by atoms with Crippen LogP contribution < -0.4 is 5.32 Å². The van der Waals surface area contributed by atoms with Crippen molar-refractivity contribution in [1.82, 2.24) is 5.32 Å². The summed E-state index contributed by atoms with van der Waals surface area (Å²) in [7, 11) is 0. The van der Waals surface area contributed by atoms with Gasteiger partial charge in [-0.25, -0.2) is 14.4 Å². The number of benzene rings is 3. The van der Waals surface area contributed by atoms with Crippen LogP contribution in [0.1, 0.15) is 103 Å². The zero-order chi connectivity index (χ0) is 50.4. The molecule has 0 radical (unpaired) electrons. The molecule has 69 heavy (non-hydrogen) atoms. The highest BCUT2D eigenvalue weighted by Gasteiger charge is 2.78. The molecule has 3 aromatic carbocycles. The van der Waals surface area contributed by atoms with Gasteiger partial charge < -0.3 is 49.1 Å². The molecule has 1 aliphatic heterocycles. The van der Waals surface area contributed by atoms with Crippen LogP contribution in [0.5, 0.6) is 0 Å². The molecular formula is C53H61NO15. The summed E-state index contributed by atoms with van der Waals surface area (Å²) in [6, 6.07) is 23.7. The van der Waals surface area contributed by atoms with E-state index in [1.165, 1.54) is 26.0 Å². The topological polar surface area (TPSA) is 231 Å². The van der Waals surface area contributed by atoms with E-state index in [1.807, 2.05) is 6.07 Å². The largest absolute Gasteiger partial charge is 0.509 e. The number of hydrogen-bond donors (Lipinski definition) is 4. The SMILES string of the molecule is CC(=O)O[C@@]12CO[C@@H]1C[C@H](O)[C@@]1(C)C(=O)[C@H](O)C3=C(C)[C@@H](OC(=O)[C@H](OC(=O)OC(C)(C)C)[C@@H](NC(=O)/C(C)=C/c4ccccc4)c4ccccc4)C[C@@](O)([C@@H](OC(=O)c4ccccc4)[C@H]21)C3(C)C. The van der Waals surface area contributed by atoms with Crippen LogP contribution in [0.2, 0.25) is 0 Å². The standard InChI is InChI=1S/C53H61NO15/c1-29(25-32-19-13-10-14-20-32)45(59)54-39(33-21-15-11-16-22-33)41(66-48(62)69-49(4,5)6)47(61)65-35-27-53(63)44(67-46(60)34-23-17-12-18-24-34)42-51(9,43(58)40(57)38(30(35)2)50(53,7)8)36(56)26-37-52(42,28-64-37)68-31(3)55/h10-25,35-37,39-42,44,56-57,63H,26-28H2,1-9H3,(H,54,59)/b29-25+/t35-,36-,37+,39-,40+,41+,42-,44-,51+,52-,53+/m0/s1. The second-order valence-electron chi connectivity index (χ2n) is 20.2. The van der Waals surface area contributed by atoms with Crippen LogP contribution in [-0.2, 0) is 47.6 Å². The smallest absolute Gasteiger partial charge is 0.455 e. The molecule has 11 atom stereocenters. The number of esters is 3. The van der Waals surface area contributed by atoms with Gasteiger partial charge in [-0.15, -0.1) is 0 Å². The molecule has 7 rings (SSSR count). The van der Waals surface area contributed by atoms with Crippen molar-refractivity contribution in [2.24, 2.45) is 16.7 Å². The highest BCUT2D eigenvalue weighted by atomic mass is 16.7. The normalized spacial score (nSPS) is 30.3. The van der Waals surface area contributed by atoms with E-state index < -0.39 is 118 Å². The summed E-state index contributed by atoms with van der Waals surface area (Å²) in [6.45, 7) is 13.1. The number of rotatable bonds is 11. The van der Waals surface area contributed by atoms with Gasteiger partial charge in [-0.1, -0.05) is 92.7 Å². The molecule has 16 nitrogen and oxygen atoms in total. The Morgan fingerprint density at radius 3 is 2.03 bits per heavy atom. The Balaban J connectivity index is 1.37. The van der Waals surface area contributed by atoms with Gasteiger partial charge in [-0.2, -0.15) is 0 Å². The number of amides is 1. The molecule has 3 fully saturated rings. The van der Waals surface area contributed by atoms with Gasteiger partial charge in [0.1, 0.15) is 41.7 Å². The molecule has 1 heterocycles. The fourth-order valence-electron chi connectivity index (χ4n) is 10.7. The fourth-order valence-corrected chi connectivity index (χ4v) is 10.7. The first-order valence-corrected chi connectivity index (χ1v) is 23.0. The second-order valence-corrected chi connectivity index (χ2v) is 20.2. The number of aliphatic hydroxyl groups excluding tert-OH is 2. The molecule has 368 valence electrons. The molecule has 2 bridgehead atoms. The van der Waals surface area contributed by atoms with Crippen LogP contribution in [-0.4, -0.2) is 111 Å². The lowest BCUT2D eigenvalue weighted by Crippen LogP contribution is -2.81. The van der Waals surface area contributed by atoms with Crippen LogP contribution in [0, 0.1) is 16.7 Å². The zero-order valence-corrected chi connectivity index (χ0v) is 40.2. The minimum Gasteiger partial charge on any atom is -0.455 e. The van der Waals surface area contributed by atoms with Crippen molar-refractivity contribution in [3.8, 4) is 0 Å². The number of fused-ring (bicyclic) bond motifs is 5. The van der Waals surface area contributed by atoms with E-state index >= 15 is 9.59 Å². The maximum Gasteiger partial charge on any atom is 0.509 e. The Morgan fingerprint density at radius 1 is 0.870 bits per heavy atom. The maximum atomic E-state index is 15.2. The van der Waals surface area contributed by atoms with Gasteiger partial charge >= 0.3 is 24.1 Å². The molecule has 0 spiro atoms. The molecule has 4 aliphatic rings. The Bertz CT molecular complexity index is 2530. The van der Waals surface area contributed by atoms with Crippen LogP contribution in [0.3, 0.4) is 0 Å². The summed E-state index contributed by atoms with van der Waals surface area (Å²) in [5, 5.41) is 41.0. The highest BCUT2D eigenvalue weighted by molar-refractivity contribution is 5.98. The third kappa shape index (κ3) is 9.34. The van der Waals surface area contributed by atoms with Crippen molar-refractivity contribution < 1.29 is 72.5 Å². The number of hydrogen-bond acceptors (Lipinski definition) is 15. The van der Waals surface area contributed by atoms with Gasteiger partial charge in [0, 0.05) is 30.8 Å². The summed E-state index contributed by atoms with van der Waals surface area (Å²) in [6.07, 6.45) is -10.5. The Labute approximate surface area is 400 Å². The molecule has 1 saturated heterocycles. The van der Waals surface area contributed by atoms with Gasteiger partial charge in [0.15, 0.2) is 11.4 Å². The van der Waals surface area contributed by atoms with Crippen LogP contribution >= 0.6 is 0 Å². The van der Waals surface area contributed by atoms with Gasteiger partial charge in [-0.05, 0) is 82.0 Å². The minimum absolute atomic E-state index is 0.0593. The first-order chi connectivity index (χ1) is 32.4. The summed E-state index contributed by atoms with van der Waals surface area (Å²) < 4.78 is 36.0. The van der Waals surface area contributed by atoms with Crippen LogP contribution in [0.15, 0.2) is 108 Å². The molecule has 0 unspecified atom stereocenters. The Morgan fingerprint density at radius 2 is 1.46 bits per heavy atom. The number of carbonyl (C=O) groups excluding carboxylic acids is 6. The van der Waals surface area contributed by atoms with E-state index in [9.17, 15) is 34.5 Å². The van der Waals surface area contributed by atoms with Crippen LogP contribution in [0.4, 0.5) is 4.79 Å². The van der Waals surface area contributed by atoms with Gasteiger partial charge in [0.25, 0.3) is 0 Å². The predicted molar refractivity (Wildman–Crippen MR) is 248 cm³/mol. The average Bonchev–Trinajstić information content (AvgIpc) is 3.28. The van der Waals surface area contributed by atoms with E-state index in [4.69, 9.17) is 28.4 Å². The zero-order valence-electron chi connectivity index (χ0n) is 40.2. The number of ether oxygens (including phenoxy) is 6. The lowest BCUT2D eigenvalue weighted by atomic mass is 9.44. The molecule has 16 heteroatoms. The number of aliphatic hydroxyl groups is 3. The number of Topliss-reactive ketones (excluding diaryl/α,β-unsaturated/α-hetero) is 1. The lowest BCUT2D eigenvalue weighted by Gasteiger charge is -2.67. The Hall–Kier alpha value is -6.20. The highest BCUT2D eigenvalue weighted by Crippen LogP contribution is 2.64. The van der Waals surface area contributed by atoms with Crippen LogP contribution in [0.25, 0.3) is 6.08 Å². The molecule has 4 N–H and O–H groups in total. The molecule has 2 saturated carbocycles. The van der Waals surface area contributed by atoms with Crippen molar-refractivity contribution in [3.63, 3.8) is 0 Å². The summed E-state index contributed by atoms with van der Waals surface area (Å²) in [5.74, 6) is -6.10. The lowest BCUT2D eigenvalue weighted by molar-refractivity contribution is -0.346. The van der Waals surface area contributed by atoms with Gasteiger partial charge in [0.05, 0.1) is 29.6 Å². The second kappa shape index (κ2) is 18.9.